The highest BCUT2D eigenvalue weighted by molar-refractivity contribution is 9.10. The summed E-state index contributed by atoms with van der Waals surface area (Å²) in [6, 6.07) is 4.88. The topological polar surface area (TPSA) is 49.8 Å². The highest BCUT2D eigenvalue weighted by Crippen LogP contribution is 2.26. The van der Waals surface area contributed by atoms with Gasteiger partial charge in [-0.2, -0.15) is 4.98 Å². The second-order valence-corrected chi connectivity index (χ2v) is 4.88. The first kappa shape index (κ1) is 13.7. The fraction of sp³-hybridized carbons (Fsp3) is 0.231. The van der Waals surface area contributed by atoms with Gasteiger partial charge in [-0.05, 0) is 47.5 Å². The number of aryl methyl sites for hydroxylation is 1. The molecule has 1 aromatic heterocycles. The Morgan fingerprint density at radius 1 is 1.37 bits per heavy atom. The van der Waals surface area contributed by atoms with Crippen molar-refractivity contribution in [3.63, 3.8) is 0 Å². The molecule has 0 aliphatic carbocycles. The number of anilines is 3. The Morgan fingerprint density at radius 2 is 2.16 bits per heavy atom. The summed E-state index contributed by atoms with van der Waals surface area (Å²) in [6.07, 6.45) is 1.63. The van der Waals surface area contributed by atoms with Gasteiger partial charge in [-0.15, -0.1) is 0 Å². The Morgan fingerprint density at radius 3 is 2.89 bits per heavy atom. The van der Waals surface area contributed by atoms with Crippen LogP contribution in [0.15, 0.2) is 28.9 Å². The molecule has 0 amide bonds. The molecular weight excluding hydrogens is 311 g/mol. The van der Waals surface area contributed by atoms with Crippen molar-refractivity contribution in [2.75, 3.05) is 17.2 Å². The molecule has 0 saturated heterocycles. The highest BCUT2D eigenvalue weighted by Gasteiger charge is 2.08. The number of nitrogens with zero attached hydrogens (tertiary/aromatic N) is 2. The lowest BCUT2D eigenvalue weighted by molar-refractivity contribution is 0.631. The summed E-state index contributed by atoms with van der Waals surface area (Å²) in [4.78, 5) is 8.39. The fourth-order valence-electron chi connectivity index (χ4n) is 1.56. The van der Waals surface area contributed by atoms with Gasteiger partial charge in [-0.25, -0.2) is 9.37 Å². The summed E-state index contributed by atoms with van der Waals surface area (Å²) in [7, 11) is 0. The second kappa shape index (κ2) is 5.97. The molecule has 0 aliphatic rings. The van der Waals surface area contributed by atoms with Crippen LogP contribution in [-0.2, 0) is 0 Å². The van der Waals surface area contributed by atoms with E-state index in [0.29, 0.717) is 21.9 Å². The summed E-state index contributed by atoms with van der Waals surface area (Å²) in [5, 5.41) is 5.98. The largest absolute Gasteiger partial charge is 0.354 e. The van der Waals surface area contributed by atoms with Crippen molar-refractivity contribution in [2.45, 2.75) is 13.8 Å². The third-order valence-corrected chi connectivity index (χ3v) is 3.03. The monoisotopic (exact) mass is 324 g/mol. The van der Waals surface area contributed by atoms with Crippen LogP contribution in [0.25, 0.3) is 0 Å². The standard InChI is InChI=1S/C13H14BrFN4/c1-3-16-13-17-7-9(14)12(19-13)18-11-6-8(2)4-5-10(11)15/h4-7H,3H2,1-2H3,(H2,16,17,18,19). The van der Waals surface area contributed by atoms with Crippen LogP contribution in [0.5, 0.6) is 0 Å². The summed E-state index contributed by atoms with van der Waals surface area (Å²) >= 11 is 3.34. The van der Waals surface area contributed by atoms with Gasteiger partial charge in [0.15, 0.2) is 0 Å². The van der Waals surface area contributed by atoms with Gasteiger partial charge in [-0.3, -0.25) is 0 Å². The maximum Gasteiger partial charge on any atom is 0.224 e. The molecule has 0 aliphatic heterocycles. The number of aromatic nitrogens is 2. The minimum atomic E-state index is -0.318. The van der Waals surface area contributed by atoms with Crippen LogP contribution < -0.4 is 10.6 Å². The summed E-state index contributed by atoms with van der Waals surface area (Å²) < 4.78 is 14.4. The van der Waals surface area contributed by atoms with E-state index < -0.39 is 0 Å². The molecule has 0 atom stereocenters. The van der Waals surface area contributed by atoms with E-state index in [0.717, 1.165) is 12.1 Å². The van der Waals surface area contributed by atoms with E-state index in [1.54, 1.807) is 18.3 Å². The van der Waals surface area contributed by atoms with Crippen LogP contribution in [0.2, 0.25) is 0 Å². The molecule has 0 saturated carbocycles. The number of hydrogen-bond acceptors (Lipinski definition) is 4. The molecule has 0 unspecified atom stereocenters. The van der Waals surface area contributed by atoms with Crippen molar-refractivity contribution in [2.24, 2.45) is 0 Å². The van der Waals surface area contributed by atoms with Crippen molar-refractivity contribution in [3.8, 4) is 0 Å². The number of hydrogen-bond donors (Lipinski definition) is 2. The minimum Gasteiger partial charge on any atom is -0.354 e. The van der Waals surface area contributed by atoms with Gasteiger partial charge in [0.1, 0.15) is 11.6 Å². The van der Waals surface area contributed by atoms with E-state index in [1.807, 2.05) is 13.8 Å². The summed E-state index contributed by atoms with van der Waals surface area (Å²) in [5.74, 6) is 0.706. The van der Waals surface area contributed by atoms with E-state index in [4.69, 9.17) is 0 Å². The van der Waals surface area contributed by atoms with Crippen LogP contribution in [0.3, 0.4) is 0 Å². The zero-order chi connectivity index (χ0) is 13.8. The van der Waals surface area contributed by atoms with Crippen LogP contribution in [0.1, 0.15) is 12.5 Å². The lowest BCUT2D eigenvalue weighted by Crippen LogP contribution is -2.05. The van der Waals surface area contributed by atoms with Crippen molar-refractivity contribution in [1.82, 2.24) is 9.97 Å². The summed E-state index contributed by atoms with van der Waals surface area (Å²) in [5.41, 5.74) is 1.36. The first-order valence-electron chi connectivity index (χ1n) is 5.89. The Bertz CT molecular complexity index is 589. The molecule has 0 spiro atoms. The van der Waals surface area contributed by atoms with Crippen molar-refractivity contribution < 1.29 is 4.39 Å². The number of benzene rings is 1. The number of rotatable bonds is 4. The van der Waals surface area contributed by atoms with Crippen molar-refractivity contribution in [3.05, 3.63) is 40.2 Å². The quantitative estimate of drug-likeness (QED) is 0.896. The van der Waals surface area contributed by atoms with E-state index in [1.165, 1.54) is 6.07 Å². The van der Waals surface area contributed by atoms with Gasteiger partial charge in [-0.1, -0.05) is 6.07 Å². The zero-order valence-corrected chi connectivity index (χ0v) is 12.3. The SMILES string of the molecule is CCNc1ncc(Br)c(Nc2cc(C)ccc2F)n1. The third kappa shape index (κ3) is 3.41. The minimum absolute atomic E-state index is 0.318. The Hall–Kier alpha value is -1.69. The van der Waals surface area contributed by atoms with Crippen LogP contribution in [0, 0.1) is 12.7 Å². The molecule has 0 bridgehead atoms. The van der Waals surface area contributed by atoms with Crippen LogP contribution in [0.4, 0.5) is 21.8 Å². The van der Waals surface area contributed by atoms with E-state index in [9.17, 15) is 4.39 Å². The Balaban J connectivity index is 2.31. The van der Waals surface area contributed by atoms with Gasteiger partial charge in [0, 0.05) is 12.7 Å². The molecule has 100 valence electrons. The molecule has 0 radical (unpaired) electrons. The van der Waals surface area contributed by atoms with Gasteiger partial charge in [0.25, 0.3) is 0 Å². The molecule has 0 fully saturated rings. The number of nitrogens with one attached hydrogen (secondary N) is 2. The predicted molar refractivity (Wildman–Crippen MR) is 78.3 cm³/mol. The second-order valence-electron chi connectivity index (χ2n) is 4.03. The number of halogens is 2. The Kier molecular flexibility index (Phi) is 4.31. The van der Waals surface area contributed by atoms with Crippen LogP contribution in [-0.4, -0.2) is 16.5 Å². The molecule has 1 heterocycles. The molecule has 4 nitrogen and oxygen atoms in total. The first-order valence-corrected chi connectivity index (χ1v) is 6.69. The lowest BCUT2D eigenvalue weighted by atomic mass is 10.2. The maximum absolute atomic E-state index is 13.7. The van der Waals surface area contributed by atoms with E-state index in [2.05, 4.69) is 36.5 Å². The van der Waals surface area contributed by atoms with E-state index >= 15 is 0 Å². The van der Waals surface area contributed by atoms with Gasteiger partial charge < -0.3 is 10.6 Å². The molecule has 2 rings (SSSR count). The molecule has 19 heavy (non-hydrogen) atoms. The third-order valence-electron chi connectivity index (χ3n) is 2.45. The summed E-state index contributed by atoms with van der Waals surface area (Å²) in [6.45, 7) is 4.59. The average Bonchev–Trinajstić information content (AvgIpc) is 2.38. The smallest absolute Gasteiger partial charge is 0.224 e. The fourth-order valence-corrected chi connectivity index (χ4v) is 1.85. The molecular formula is C13H14BrFN4. The van der Waals surface area contributed by atoms with Gasteiger partial charge in [0.2, 0.25) is 5.95 Å². The van der Waals surface area contributed by atoms with Crippen molar-refractivity contribution >= 4 is 33.4 Å². The molecule has 1 aromatic carbocycles. The first-order chi connectivity index (χ1) is 9.10. The lowest BCUT2D eigenvalue weighted by Gasteiger charge is -2.10. The molecule has 6 heteroatoms. The maximum atomic E-state index is 13.7. The van der Waals surface area contributed by atoms with Gasteiger partial charge in [0.05, 0.1) is 10.2 Å². The highest BCUT2D eigenvalue weighted by atomic mass is 79.9. The molecule has 2 aromatic rings. The van der Waals surface area contributed by atoms with Crippen molar-refractivity contribution in [1.29, 1.82) is 0 Å². The van der Waals surface area contributed by atoms with E-state index in [-0.39, 0.29) is 5.82 Å². The molecule has 2 N–H and O–H groups in total. The predicted octanol–water partition coefficient (Wildman–Crippen LogP) is 3.86. The zero-order valence-electron chi connectivity index (χ0n) is 10.7. The normalized spacial score (nSPS) is 10.3. The average molecular weight is 325 g/mol. The Labute approximate surface area is 119 Å². The van der Waals surface area contributed by atoms with Crippen LogP contribution >= 0.6 is 15.9 Å². The van der Waals surface area contributed by atoms with Gasteiger partial charge >= 0.3 is 0 Å².